The molecule has 34 heavy (non-hydrogen) atoms. The molecule has 0 saturated carbocycles. The molecule has 2 aromatic carbocycles. The van der Waals surface area contributed by atoms with E-state index in [4.69, 9.17) is 32.7 Å². The molecule has 0 aliphatic carbocycles. The Bertz CT molecular complexity index is 1260. The molecule has 8 nitrogen and oxygen atoms in total. The highest BCUT2D eigenvalue weighted by molar-refractivity contribution is 6.43. The zero-order valence-corrected chi connectivity index (χ0v) is 20.3. The van der Waals surface area contributed by atoms with Gasteiger partial charge in [-0.2, -0.15) is 5.10 Å². The Hall–Kier alpha value is -3.23. The van der Waals surface area contributed by atoms with Crippen molar-refractivity contribution in [1.82, 2.24) is 14.7 Å². The van der Waals surface area contributed by atoms with E-state index >= 15 is 0 Å². The maximum absolute atomic E-state index is 12.9. The number of nitrogens with zero attached hydrogens (tertiary/aromatic N) is 4. The summed E-state index contributed by atoms with van der Waals surface area (Å²) < 4.78 is 11.8. The van der Waals surface area contributed by atoms with Gasteiger partial charge < -0.3 is 19.3 Å². The summed E-state index contributed by atoms with van der Waals surface area (Å²) in [5, 5.41) is 5.41. The molecule has 1 aliphatic heterocycles. The number of ether oxygens (including phenoxy) is 2. The molecule has 2 heterocycles. The number of amides is 1. The molecule has 1 aromatic heterocycles. The summed E-state index contributed by atoms with van der Waals surface area (Å²) >= 11 is 12.5. The lowest BCUT2D eigenvalue weighted by atomic mass is 10.1. The first-order valence-electron chi connectivity index (χ1n) is 10.7. The lowest BCUT2D eigenvalue weighted by molar-refractivity contribution is -0.132. The summed E-state index contributed by atoms with van der Waals surface area (Å²) in [5.41, 5.74) is 1.79. The molecule has 1 saturated heterocycles. The summed E-state index contributed by atoms with van der Waals surface area (Å²) in [6, 6.07) is 13.9. The molecule has 1 amide bonds. The fourth-order valence-electron chi connectivity index (χ4n) is 3.87. The van der Waals surface area contributed by atoms with E-state index in [2.05, 4.69) is 10.00 Å². The van der Waals surface area contributed by atoms with Crippen LogP contribution in [0.25, 0.3) is 11.3 Å². The van der Waals surface area contributed by atoms with Crippen LogP contribution < -0.4 is 19.9 Å². The van der Waals surface area contributed by atoms with Crippen LogP contribution in [0.1, 0.15) is 0 Å². The molecule has 0 unspecified atom stereocenters. The number of carbonyl (C=O) groups excluding carboxylic acids is 1. The van der Waals surface area contributed by atoms with E-state index in [1.54, 1.807) is 43.4 Å². The topological polar surface area (TPSA) is 76.9 Å². The van der Waals surface area contributed by atoms with Crippen molar-refractivity contribution >= 4 is 34.8 Å². The number of piperazine rings is 1. The number of methoxy groups -OCH3 is 2. The quantitative estimate of drug-likeness (QED) is 0.512. The Morgan fingerprint density at radius 1 is 0.971 bits per heavy atom. The van der Waals surface area contributed by atoms with Crippen molar-refractivity contribution in [2.24, 2.45) is 0 Å². The van der Waals surface area contributed by atoms with Crippen LogP contribution in [0, 0.1) is 0 Å². The van der Waals surface area contributed by atoms with Crippen molar-refractivity contribution in [2.45, 2.75) is 6.54 Å². The Morgan fingerprint density at radius 3 is 2.41 bits per heavy atom. The van der Waals surface area contributed by atoms with Gasteiger partial charge in [-0.3, -0.25) is 9.59 Å². The number of rotatable bonds is 6. The third kappa shape index (κ3) is 4.98. The Labute approximate surface area is 207 Å². The van der Waals surface area contributed by atoms with E-state index in [0.29, 0.717) is 53.4 Å². The normalized spacial score (nSPS) is 13.6. The van der Waals surface area contributed by atoms with Gasteiger partial charge in [-0.15, -0.1) is 0 Å². The monoisotopic (exact) mass is 502 g/mol. The molecule has 0 N–H and O–H groups in total. The smallest absolute Gasteiger partial charge is 0.267 e. The molecule has 0 bridgehead atoms. The van der Waals surface area contributed by atoms with Crippen LogP contribution in [0.15, 0.2) is 53.3 Å². The van der Waals surface area contributed by atoms with E-state index in [1.807, 2.05) is 18.2 Å². The predicted octanol–water partition coefficient (Wildman–Crippen LogP) is 3.58. The van der Waals surface area contributed by atoms with Crippen molar-refractivity contribution in [3.8, 4) is 22.8 Å². The number of hydrogen-bond acceptors (Lipinski definition) is 6. The molecule has 0 spiro atoms. The SMILES string of the molecule is COc1ccc(-c2ccc(=O)n(CC(=O)N3CCN(c4cccc(Cl)c4Cl)CC3)n2)cc1OC. The second-order valence-corrected chi connectivity index (χ2v) is 8.51. The molecule has 1 aliphatic rings. The third-order valence-electron chi connectivity index (χ3n) is 5.74. The van der Waals surface area contributed by atoms with Crippen LogP contribution in [-0.4, -0.2) is 61.0 Å². The second kappa shape index (κ2) is 10.4. The summed E-state index contributed by atoms with van der Waals surface area (Å²) in [6.45, 7) is 2.09. The van der Waals surface area contributed by atoms with Gasteiger partial charge in [-0.05, 0) is 36.4 Å². The maximum Gasteiger partial charge on any atom is 0.267 e. The fourth-order valence-corrected chi connectivity index (χ4v) is 4.29. The lowest BCUT2D eigenvalue weighted by Crippen LogP contribution is -2.50. The van der Waals surface area contributed by atoms with Gasteiger partial charge in [0.15, 0.2) is 11.5 Å². The summed E-state index contributed by atoms with van der Waals surface area (Å²) in [4.78, 5) is 29.2. The van der Waals surface area contributed by atoms with Gasteiger partial charge in [0.1, 0.15) is 6.54 Å². The van der Waals surface area contributed by atoms with Gasteiger partial charge in [0.05, 0.1) is 35.6 Å². The number of benzene rings is 2. The van der Waals surface area contributed by atoms with E-state index < -0.39 is 0 Å². The number of anilines is 1. The minimum atomic E-state index is -0.345. The minimum Gasteiger partial charge on any atom is -0.493 e. The summed E-state index contributed by atoms with van der Waals surface area (Å²) in [7, 11) is 3.11. The zero-order chi connectivity index (χ0) is 24.2. The predicted molar refractivity (Wildman–Crippen MR) is 132 cm³/mol. The Balaban J connectivity index is 1.46. The number of halogens is 2. The first-order chi connectivity index (χ1) is 16.4. The van der Waals surface area contributed by atoms with Crippen LogP contribution in [0.2, 0.25) is 10.0 Å². The van der Waals surface area contributed by atoms with Crippen LogP contribution in [0.3, 0.4) is 0 Å². The highest BCUT2D eigenvalue weighted by Crippen LogP contribution is 2.33. The van der Waals surface area contributed by atoms with Crippen molar-refractivity contribution in [2.75, 3.05) is 45.3 Å². The van der Waals surface area contributed by atoms with Gasteiger partial charge in [-0.25, -0.2) is 4.68 Å². The summed E-state index contributed by atoms with van der Waals surface area (Å²) in [5.74, 6) is 0.970. The van der Waals surface area contributed by atoms with E-state index in [1.165, 1.54) is 10.7 Å². The van der Waals surface area contributed by atoms with Gasteiger partial charge in [0, 0.05) is 37.8 Å². The largest absolute Gasteiger partial charge is 0.493 e. The van der Waals surface area contributed by atoms with Crippen molar-refractivity contribution in [3.05, 3.63) is 68.9 Å². The van der Waals surface area contributed by atoms with Gasteiger partial charge in [0.25, 0.3) is 5.56 Å². The van der Waals surface area contributed by atoms with Gasteiger partial charge in [0.2, 0.25) is 5.91 Å². The van der Waals surface area contributed by atoms with Crippen LogP contribution in [0.4, 0.5) is 5.69 Å². The van der Waals surface area contributed by atoms with Crippen molar-refractivity contribution < 1.29 is 14.3 Å². The maximum atomic E-state index is 12.9. The molecular formula is C24H24Cl2N4O4. The van der Waals surface area contributed by atoms with Crippen molar-refractivity contribution in [1.29, 1.82) is 0 Å². The zero-order valence-electron chi connectivity index (χ0n) is 18.8. The Morgan fingerprint density at radius 2 is 1.71 bits per heavy atom. The van der Waals surface area contributed by atoms with E-state index in [0.717, 1.165) is 11.3 Å². The first-order valence-corrected chi connectivity index (χ1v) is 11.4. The molecule has 4 rings (SSSR count). The van der Waals surface area contributed by atoms with Crippen LogP contribution >= 0.6 is 23.2 Å². The Kier molecular flexibility index (Phi) is 7.29. The van der Waals surface area contributed by atoms with E-state index in [-0.39, 0.29) is 18.0 Å². The van der Waals surface area contributed by atoms with Crippen molar-refractivity contribution in [3.63, 3.8) is 0 Å². The molecular weight excluding hydrogens is 479 g/mol. The average molecular weight is 503 g/mol. The fraction of sp³-hybridized carbons (Fsp3) is 0.292. The highest BCUT2D eigenvalue weighted by Gasteiger charge is 2.23. The number of aromatic nitrogens is 2. The van der Waals surface area contributed by atoms with Crippen LogP contribution in [-0.2, 0) is 11.3 Å². The van der Waals surface area contributed by atoms with Crippen LogP contribution in [0.5, 0.6) is 11.5 Å². The lowest BCUT2D eigenvalue weighted by Gasteiger charge is -2.36. The molecule has 10 heteroatoms. The molecule has 1 fully saturated rings. The summed E-state index contributed by atoms with van der Waals surface area (Å²) in [6.07, 6.45) is 0. The van der Waals surface area contributed by atoms with Gasteiger partial charge in [-0.1, -0.05) is 29.3 Å². The third-order valence-corrected chi connectivity index (χ3v) is 6.54. The molecule has 3 aromatic rings. The number of carbonyl (C=O) groups is 1. The van der Waals surface area contributed by atoms with Gasteiger partial charge >= 0.3 is 0 Å². The molecule has 0 radical (unpaired) electrons. The second-order valence-electron chi connectivity index (χ2n) is 7.73. The minimum absolute atomic E-state index is 0.141. The number of hydrogen-bond donors (Lipinski definition) is 0. The molecule has 178 valence electrons. The average Bonchev–Trinajstić information content (AvgIpc) is 2.86. The molecule has 0 atom stereocenters. The highest BCUT2D eigenvalue weighted by atomic mass is 35.5. The standard InChI is InChI=1S/C24H24Cl2N4O4/c1-33-20-8-6-16(14-21(20)34-2)18-7-9-22(31)30(27-18)15-23(32)29-12-10-28(11-13-29)19-5-3-4-17(25)24(19)26/h3-9,14H,10-13,15H2,1-2H3. The van der Waals surface area contributed by atoms with E-state index in [9.17, 15) is 9.59 Å². The first kappa shape index (κ1) is 23.9.